The Morgan fingerprint density at radius 1 is 1.00 bits per heavy atom. The fraction of sp³-hybridized carbons (Fsp3) is 0.227. The van der Waals surface area contributed by atoms with Crippen LogP contribution in [0.1, 0.15) is 17.3 Å². The molecular formula is C22H23N3O5. The number of nitrogens with zero attached hydrogens (tertiary/aromatic N) is 2. The first-order valence-corrected chi connectivity index (χ1v) is 9.26. The summed E-state index contributed by atoms with van der Waals surface area (Å²) in [5.41, 5.74) is 2.51. The molecule has 1 heterocycles. The average molecular weight is 409 g/mol. The van der Waals surface area contributed by atoms with Crippen LogP contribution < -0.4 is 19.5 Å². The molecule has 3 rings (SSSR count). The molecule has 0 saturated carbocycles. The smallest absolute Gasteiger partial charge is 0.338 e. The molecule has 0 atom stereocenters. The Hall–Kier alpha value is -3.81. The van der Waals surface area contributed by atoms with Crippen LogP contribution in [0.3, 0.4) is 0 Å². The van der Waals surface area contributed by atoms with Gasteiger partial charge in [-0.3, -0.25) is 4.98 Å². The predicted molar refractivity (Wildman–Crippen MR) is 113 cm³/mol. The molecule has 1 N–H and O–H groups in total. The number of ether oxygens (including phenoxy) is 4. The van der Waals surface area contributed by atoms with Crippen LogP contribution in [0.15, 0.2) is 48.8 Å². The number of aromatic nitrogens is 2. The van der Waals surface area contributed by atoms with Gasteiger partial charge in [-0.1, -0.05) is 12.1 Å². The van der Waals surface area contributed by atoms with Crippen LogP contribution in [-0.2, 0) is 4.74 Å². The normalized spacial score (nSPS) is 10.3. The van der Waals surface area contributed by atoms with Crippen LogP contribution in [0.2, 0.25) is 0 Å². The minimum absolute atomic E-state index is 0.317. The monoisotopic (exact) mass is 409 g/mol. The van der Waals surface area contributed by atoms with Gasteiger partial charge in [0.1, 0.15) is 5.82 Å². The summed E-state index contributed by atoms with van der Waals surface area (Å²) in [6.45, 7) is 2.09. The largest absolute Gasteiger partial charge is 0.493 e. The summed E-state index contributed by atoms with van der Waals surface area (Å²) in [4.78, 5) is 20.9. The Balaban J connectivity index is 1.90. The summed E-state index contributed by atoms with van der Waals surface area (Å²) in [7, 11) is 4.66. The van der Waals surface area contributed by atoms with E-state index >= 15 is 0 Å². The Kier molecular flexibility index (Phi) is 6.69. The number of rotatable bonds is 8. The maximum absolute atomic E-state index is 12.0. The van der Waals surface area contributed by atoms with Gasteiger partial charge >= 0.3 is 5.97 Å². The lowest BCUT2D eigenvalue weighted by atomic mass is 10.1. The molecule has 8 heteroatoms. The number of carbonyl (C=O) groups excluding carboxylic acids is 1. The fourth-order valence-electron chi connectivity index (χ4n) is 2.89. The second-order valence-electron chi connectivity index (χ2n) is 6.13. The first-order valence-electron chi connectivity index (χ1n) is 9.26. The number of nitrogens with one attached hydrogen (secondary N) is 1. The third kappa shape index (κ3) is 4.60. The zero-order valence-corrected chi connectivity index (χ0v) is 17.3. The third-order valence-electron chi connectivity index (χ3n) is 4.24. The van der Waals surface area contributed by atoms with Crippen molar-refractivity contribution in [2.75, 3.05) is 33.3 Å². The number of benzene rings is 2. The van der Waals surface area contributed by atoms with Crippen LogP contribution in [0.4, 0.5) is 11.5 Å². The van der Waals surface area contributed by atoms with Gasteiger partial charge in [-0.05, 0) is 19.1 Å². The van der Waals surface area contributed by atoms with Crippen LogP contribution in [0, 0.1) is 0 Å². The van der Waals surface area contributed by atoms with Crippen molar-refractivity contribution >= 4 is 17.5 Å². The lowest BCUT2D eigenvalue weighted by Crippen LogP contribution is -2.04. The SMILES string of the molecule is CCOC(=O)c1cccc(-c2cncc(Nc3cc(OC)c(OC)c(OC)c3)n2)c1. The zero-order valence-electron chi connectivity index (χ0n) is 17.3. The van der Waals surface area contributed by atoms with Crippen molar-refractivity contribution in [1.82, 2.24) is 9.97 Å². The van der Waals surface area contributed by atoms with E-state index in [1.165, 1.54) is 0 Å². The maximum atomic E-state index is 12.0. The molecule has 3 aromatic rings. The van der Waals surface area contributed by atoms with Gasteiger partial charge in [-0.2, -0.15) is 0 Å². The third-order valence-corrected chi connectivity index (χ3v) is 4.24. The van der Waals surface area contributed by atoms with Crippen LogP contribution in [0.25, 0.3) is 11.3 Å². The van der Waals surface area contributed by atoms with Gasteiger partial charge in [0.05, 0.1) is 51.6 Å². The quantitative estimate of drug-likeness (QED) is 0.556. The number of hydrogen-bond acceptors (Lipinski definition) is 8. The Morgan fingerprint density at radius 2 is 1.73 bits per heavy atom. The Labute approximate surface area is 174 Å². The zero-order chi connectivity index (χ0) is 21.5. The molecule has 0 unspecified atom stereocenters. The van der Waals surface area contributed by atoms with E-state index in [1.807, 2.05) is 6.07 Å². The molecule has 0 aliphatic heterocycles. The first-order chi connectivity index (χ1) is 14.6. The summed E-state index contributed by atoms with van der Waals surface area (Å²) < 4.78 is 21.2. The van der Waals surface area contributed by atoms with Gasteiger partial charge in [0.25, 0.3) is 0 Å². The van der Waals surface area contributed by atoms with Crippen LogP contribution >= 0.6 is 0 Å². The Bertz CT molecular complexity index is 1010. The molecule has 0 bridgehead atoms. The number of anilines is 2. The highest BCUT2D eigenvalue weighted by Gasteiger charge is 2.14. The molecule has 0 saturated heterocycles. The van der Waals surface area contributed by atoms with Crippen molar-refractivity contribution in [3.63, 3.8) is 0 Å². The van der Waals surface area contributed by atoms with E-state index in [4.69, 9.17) is 18.9 Å². The molecule has 0 aliphatic carbocycles. The van der Waals surface area contributed by atoms with E-state index in [0.29, 0.717) is 46.6 Å². The molecule has 0 aliphatic rings. The lowest BCUT2D eigenvalue weighted by Gasteiger charge is -2.15. The maximum Gasteiger partial charge on any atom is 0.338 e. The van der Waals surface area contributed by atoms with Crippen molar-refractivity contribution in [2.45, 2.75) is 6.92 Å². The van der Waals surface area contributed by atoms with Crippen molar-refractivity contribution in [1.29, 1.82) is 0 Å². The predicted octanol–water partition coefficient (Wildman–Crippen LogP) is 4.09. The molecular weight excluding hydrogens is 386 g/mol. The number of carbonyl (C=O) groups is 1. The summed E-state index contributed by atoms with van der Waals surface area (Å²) in [5, 5.41) is 3.19. The lowest BCUT2D eigenvalue weighted by molar-refractivity contribution is 0.0526. The van der Waals surface area contributed by atoms with E-state index < -0.39 is 0 Å². The number of esters is 1. The Morgan fingerprint density at radius 3 is 2.37 bits per heavy atom. The highest BCUT2D eigenvalue weighted by atomic mass is 16.5. The first kappa shape index (κ1) is 20.9. The summed E-state index contributed by atoms with van der Waals surface area (Å²) in [5.74, 6) is 1.68. The molecule has 0 fully saturated rings. The van der Waals surface area contributed by atoms with E-state index in [0.717, 1.165) is 5.56 Å². The molecule has 30 heavy (non-hydrogen) atoms. The van der Waals surface area contributed by atoms with E-state index in [2.05, 4.69) is 15.3 Å². The fourth-order valence-corrected chi connectivity index (χ4v) is 2.89. The summed E-state index contributed by atoms with van der Waals surface area (Å²) in [6.07, 6.45) is 3.23. The van der Waals surface area contributed by atoms with Crippen LogP contribution in [-0.4, -0.2) is 43.9 Å². The van der Waals surface area contributed by atoms with E-state index in [-0.39, 0.29) is 5.97 Å². The highest BCUT2D eigenvalue weighted by molar-refractivity contribution is 5.90. The van der Waals surface area contributed by atoms with Crippen LogP contribution in [0.5, 0.6) is 17.2 Å². The summed E-state index contributed by atoms with van der Waals surface area (Å²) in [6, 6.07) is 10.6. The van der Waals surface area contributed by atoms with Crippen molar-refractivity contribution in [3.05, 3.63) is 54.4 Å². The van der Waals surface area contributed by atoms with Gasteiger partial charge < -0.3 is 24.3 Å². The van der Waals surface area contributed by atoms with Crippen molar-refractivity contribution in [3.8, 4) is 28.5 Å². The molecule has 0 radical (unpaired) electrons. The second kappa shape index (κ2) is 9.60. The minimum atomic E-state index is -0.376. The van der Waals surface area contributed by atoms with Gasteiger partial charge in [-0.25, -0.2) is 9.78 Å². The number of methoxy groups -OCH3 is 3. The van der Waals surface area contributed by atoms with E-state index in [9.17, 15) is 4.79 Å². The summed E-state index contributed by atoms with van der Waals surface area (Å²) >= 11 is 0. The molecule has 1 aromatic heterocycles. The topological polar surface area (TPSA) is 91.8 Å². The number of hydrogen-bond donors (Lipinski definition) is 1. The molecule has 8 nitrogen and oxygen atoms in total. The van der Waals surface area contributed by atoms with Crippen molar-refractivity contribution in [2.24, 2.45) is 0 Å². The van der Waals surface area contributed by atoms with Gasteiger partial charge in [0, 0.05) is 23.4 Å². The standard InChI is InChI=1S/C22H23N3O5/c1-5-30-22(26)15-8-6-7-14(9-15)17-12-23-13-20(25-17)24-16-10-18(27-2)21(29-4)19(11-16)28-3/h6-13H,5H2,1-4H3,(H,24,25). The average Bonchev–Trinajstić information content (AvgIpc) is 2.78. The minimum Gasteiger partial charge on any atom is -0.493 e. The van der Waals surface area contributed by atoms with E-state index in [1.54, 1.807) is 71.0 Å². The molecule has 0 spiro atoms. The van der Waals surface area contributed by atoms with Gasteiger partial charge in [-0.15, -0.1) is 0 Å². The van der Waals surface area contributed by atoms with Gasteiger partial charge in [0.2, 0.25) is 5.75 Å². The molecule has 156 valence electrons. The van der Waals surface area contributed by atoms with Gasteiger partial charge in [0.15, 0.2) is 11.5 Å². The molecule has 2 aromatic carbocycles. The second-order valence-corrected chi connectivity index (χ2v) is 6.13. The van der Waals surface area contributed by atoms with Crippen molar-refractivity contribution < 1.29 is 23.7 Å². The highest BCUT2D eigenvalue weighted by Crippen LogP contribution is 2.40. The molecule has 0 amide bonds.